The molecule has 0 unspecified atom stereocenters. The van der Waals surface area contributed by atoms with Gasteiger partial charge in [0.15, 0.2) is 0 Å². The third-order valence-electron chi connectivity index (χ3n) is 4.41. The molecule has 2 aliphatic rings. The molecule has 2 fully saturated rings. The smallest absolute Gasteiger partial charge is 0.312 e. The Labute approximate surface area is 137 Å². The fourth-order valence-corrected chi connectivity index (χ4v) is 2.85. The highest BCUT2D eigenvalue weighted by Crippen LogP contribution is 2.16. The van der Waals surface area contributed by atoms with Crippen LogP contribution in [0.25, 0.3) is 0 Å². The summed E-state index contributed by atoms with van der Waals surface area (Å²) < 4.78 is 0. The molecular weight excluding hydrogens is 308 g/mol. The lowest BCUT2D eigenvalue weighted by Gasteiger charge is -2.36. The van der Waals surface area contributed by atoms with Gasteiger partial charge in [0.05, 0.1) is 0 Å². The lowest BCUT2D eigenvalue weighted by molar-refractivity contribution is -0.157. The van der Waals surface area contributed by atoms with Gasteiger partial charge in [-0.3, -0.25) is 14.4 Å². The van der Waals surface area contributed by atoms with E-state index < -0.39 is 11.8 Å². The molecule has 0 aromatic carbocycles. The lowest BCUT2D eigenvalue weighted by Crippen LogP contribution is -2.56. The summed E-state index contributed by atoms with van der Waals surface area (Å²) in [5.74, 6) is -0.645. The summed E-state index contributed by atoms with van der Waals surface area (Å²) in [6, 6.07) is 0. The van der Waals surface area contributed by atoms with Crippen molar-refractivity contribution in [1.82, 2.24) is 14.7 Å². The van der Waals surface area contributed by atoms with Crippen LogP contribution < -0.4 is 5.73 Å². The minimum Gasteiger partial charge on any atom is -0.341 e. The summed E-state index contributed by atoms with van der Waals surface area (Å²) in [6.45, 7) is 5.36. The molecule has 0 bridgehead atoms. The molecule has 0 atom stereocenters. The van der Waals surface area contributed by atoms with Gasteiger partial charge in [0, 0.05) is 32.7 Å². The van der Waals surface area contributed by atoms with Gasteiger partial charge in [-0.25, -0.2) is 0 Å². The van der Waals surface area contributed by atoms with E-state index >= 15 is 0 Å². The van der Waals surface area contributed by atoms with Gasteiger partial charge in [-0.1, -0.05) is 0 Å². The molecule has 2 heterocycles. The van der Waals surface area contributed by atoms with E-state index in [4.69, 9.17) is 5.73 Å². The number of hydrogen-bond acceptors (Lipinski definition) is 4. The van der Waals surface area contributed by atoms with Crippen LogP contribution in [0.1, 0.15) is 19.8 Å². The van der Waals surface area contributed by atoms with Gasteiger partial charge in [-0.05, 0) is 32.2 Å². The van der Waals surface area contributed by atoms with Gasteiger partial charge in [-0.2, -0.15) is 0 Å². The third-order valence-corrected chi connectivity index (χ3v) is 4.41. The second-order valence-electron chi connectivity index (χ2n) is 5.67. The van der Waals surface area contributed by atoms with E-state index in [9.17, 15) is 14.4 Å². The standard InChI is InChI=1S/C14H24N4O3.ClH/c1-2-16-7-8-18(14(21)13(16)20)10-12(19)17-5-3-11(9-15)4-6-17;/h11H,2-10,15H2,1H3;1H. The number of carbonyl (C=O) groups excluding carboxylic acids is 3. The number of hydrogen-bond donors (Lipinski definition) is 1. The highest BCUT2D eigenvalue weighted by atomic mass is 35.5. The van der Waals surface area contributed by atoms with Gasteiger partial charge in [-0.15, -0.1) is 12.4 Å². The predicted octanol–water partition coefficient (Wildman–Crippen LogP) is -0.704. The number of amides is 3. The van der Waals surface area contributed by atoms with Gasteiger partial charge < -0.3 is 20.4 Å². The number of nitrogens with two attached hydrogens (primary N) is 1. The molecule has 126 valence electrons. The second-order valence-corrected chi connectivity index (χ2v) is 5.67. The number of likely N-dealkylation sites (tertiary alicyclic amines) is 1. The summed E-state index contributed by atoms with van der Waals surface area (Å²) in [5, 5.41) is 0. The molecule has 0 aromatic rings. The number of piperidine rings is 1. The molecular formula is C14H25ClN4O3. The van der Waals surface area contributed by atoms with E-state index in [1.165, 1.54) is 9.80 Å². The lowest BCUT2D eigenvalue weighted by atomic mass is 9.97. The molecule has 0 spiro atoms. The van der Waals surface area contributed by atoms with Crippen LogP contribution in [-0.2, 0) is 14.4 Å². The predicted molar refractivity (Wildman–Crippen MR) is 84.4 cm³/mol. The van der Waals surface area contributed by atoms with Gasteiger partial charge in [0.1, 0.15) is 6.54 Å². The van der Waals surface area contributed by atoms with E-state index in [0.29, 0.717) is 45.2 Å². The molecule has 2 aliphatic heterocycles. The zero-order valence-corrected chi connectivity index (χ0v) is 13.8. The van der Waals surface area contributed by atoms with Crippen LogP contribution in [0.4, 0.5) is 0 Å². The first kappa shape index (κ1) is 18.7. The quantitative estimate of drug-likeness (QED) is 0.689. The Morgan fingerprint density at radius 1 is 1.09 bits per heavy atom. The van der Waals surface area contributed by atoms with Gasteiger partial charge >= 0.3 is 11.8 Å². The minimum atomic E-state index is -0.562. The largest absolute Gasteiger partial charge is 0.341 e. The summed E-state index contributed by atoms with van der Waals surface area (Å²) >= 11 is 0. The first-order valence-electron chi connectivity index (χ1n) is 7.62. The van der Waals surface area contributed by atoms with E-state index in [0.717, 1.165) is 12.8 Å². The molecule has 22 heavy (non-hydrogen) atoms. The highest BCUT2D eigenvalue weighted by molar-refractivity contribution is 6.35. The van der Waals surface area contributed by atoms with Crippen molar-refractivity contribution in [2.75, 3.05) is 45.8 Å². The number of carbonyl (C=O) groups is 3. The maximum atomic E-state index is 12.2. The molecule has 8 heteroatoms. The highest BCUT2D eigenvalue weighted by Gasteiger charge is 2.33. The number of likely N-dealkylation sites (N-methyl/N-ethyl adjacent to an activating group) is 1. The Kier molecular flexibility index (Phi) is 7.09. The molecule has 2 N–H and O–H groups in total. The van der Waals surface area contributed by atoms with Crippen LogP contribution in [0, 0.1) is 5.92 Å². The van der Waals surface area contributed by atoms with Crippen molar-refractivity contribution < 1.29 is 14.4 Å². The van der Waals surface area contributed by atoms with Crippen molar-refractivity contribution in [2.24, 2.45) is 11.7 Å². The molecule has 0 radical (unpaired) electrons. The third kappa shape index (κ3) is 4.10. The Hall–Kier alpha value is -1.34. The summed E-state index contributed by atoms with van der Waals surface area (Å²) in [4.78, 5) is 40.7. The average Bonchev–Trinajstić information content (AvgIpc) is 2.52. The molecule has 0 aliphatic carbocycles. The van der Waals surface area contributed by atoms with Gasteiger partial charge in [0.25, 0.3) is 0 Å². The second kappa shape index (κ2) is 8.33. The zero-order valence-electron chi connectivity index (χ0n) is 13.0. The van der Waals surface area contributed by atoms with Crippen LogP contribution in [0.15, 0.2) is 0 Å². The SMILES string of the molecule is CCN1CCN(CC(=O)N2CCC(CN)CC2)C(=O)C1=O.Cl. The van der Waals surface area contributed by atoms with Crippen molar-refractivity contribution >= 4 is 30.1 Å². The zero-order chi connectivity index (χ0) is 15.4. The fourth-order valence-electron chi connectivity index (χ4n) is 2.85. The van der Waals surface area contributed by atoms with Crippen LogP contribution in [0.3, 0.4) is 0 Å². The molecule has 7 nitrogen and oxygen atoms in total. The van der Waals surface area contributed by atoms with E-state index in [2.05, 4.69) is 0 Å². The van der Waals surface area contributed by atoms with Crippen molar-refractivity contribution in [3.8, 4) is 0 Å². The molecule has 3 amide bonds. The molecule has 0 aromatic heterocycles. The molecule has 2 rings (SSSR count). The van der Waals surface area contributed by atoms with Crippen LogP contribution in [-0.4, -0.2) is 78.2 Å². The molecule has 0 saturated carbocycles. The first-order valence-corrected chi connectivity index (χ1v) is 7.62. The van der Waals surface area contributed by atoms with E-state index in [1.54, 1.807) is 4.90 Å². The summed E-state index contributed by atoms with van der Waals surface area (Å²) in [7, 11) is 0. The maximum absolute atomic E-state index is 12.2. The monoisotopic (exact) mass is 332 g/mol. The van der Waals surface area contributed by atoms with Crippen LogP contribution in [0.5, 0.6) is 0 Å². The van der Waals surface area contributed by atoms with Crippen LogP contribution >= 0.6 is 12.4 Å². The number of rotatable bonds is 4. The Balaban J connectivity index is 0.00000242. The average molecular weight is 333 g/mol. The fraction of sp³-hybridized carbons (Fsp3) is 0.786. The van der Waals surface area contributed by atoms with E-state index in [1.807, 2.05) is 6.92 Å². The van der Waals surface area contributed by atoms with Crippen LogP contribution in [0.2, 0.25) is 0 Å². The summed E-state index contributed by atoms with van der Waals surface area (Å²) in [6.07, 6.45) is 1.83. The normalized spacial score (nSPS) is 20.2. The topological polar surface area (TPSA) is 86.9 Å². The first-order chi connectivity index (χ1) is 10.1. The molecule has 2 saturated heterocycles. The van der Waals surface area contributed by atoms with E-state index in [-0.39, 0.29) is 24.9 Å². The van der Waals surface area contributed by atoms with Gasteiger partial charge in [0.2, 0.25) is 5.91 Å². The Bertz CT molecular complexity index is 424. The number of halogens is 1. The number of piperazine rings is 1. The Morgan fingerprint density at radius 2 is 1.64 bits per heavy atom. The summed E-state index contributed by atoms with van der Waals surface area (Å²) in [5.41, 5.74) is 5.64. The number of nitrogens with zero attached hydrogens (tertiary/aromatic N) is 3. The van der Waals surface area contributed by atoms with Crippen molar-refractivity contribution in [1.29, 1.82) is 0 Å². The Morgan fingerprint density at radius 3 is 2.18 bits per heavy atom. The minimum absolute atomic E-state index is 0. The van der Waals surface area contributed by atoms with Crippen molar-refractivity contribution in [3.63, 3.8) is 0 Å². The van der Waals surface area contributed by atoms with Crippen molar-refractivity contribution in [2.45, 2.75) is 19.8 Å². The maximum Gasteiger partial charge on any atom is 0.312 e. The van der Waals surface area contributed by atoms with Crippen molar-refractivity contribution in [3.05, 3.63) is 0 Å².